The standard InChI is InChI=1S/C14H21BO4/c1-13(2)14(3,4)19-15(18-13)11-9-10(16-5)7-8-12(11)17-6/h7-9H,1-6H3. The first-order valence-corrected chi connectivity index (χ1v) is 6.38. The normalized spacial score (nSPS) is 20.4. The van der Waals surface area contributed by atoms with E-state index in [4.69, 9.17) is 18.8 Å². The van der Waals surface area contributed by atoms with Gasteiger partial charge < -0.3 is 18.8 Å². The van der Waals surface area contributed by atoms with Crippen LogP contribution < -0.4 is 14.9 Å². The summed E-state index contributed by atoms with van der Waals surface area (Å²) < 4.78 is 22.7. The van der Waals surface area contributed by atoms with Crippen LogP contribution in [0.2, 0.25) is 0 Å². The monoisotopic (exact) mass is 264 g/mol. The van der Waals surface area contributed by atoms with Crippen molar-refractivity contribution in [2.75, 3.05) is 14.2 Å². The van der Waals surface area contributed by atoms with Gasteiger partial charge in [0.25, 0.3) is 0 Å². The fraction of sp³-hybridized carbons (Fsp3) is 0.571. The Morgan fingerprint density at radius 2 is 1.53 bits per heavy atom. The second-order valence-corrected chi connectivity index (χ2v) is 5.70. The van der Waals surface area contributed by atoms with Crippen LogP contribution in [0.5, 0.6) is 11.5 Å². The quantitative estimate of drug-likeness (QED) is 0.782. The largest absolute Gasteiger partial charge is 0.498 e. The van der Waals surface area contributed by atoms with Crippen LogP contribution in [0.25, 0.3) is 0 Å². The highest BCUT2D eigenvalue weighted by atomic mass is 16.7. The SMILES string of the molecule is COc1ccc(OC)c(B2OC(C)(C)C(C)(C)O2)c1. The van der Waals surface area contributed by atoms with E-state index in [2.05, 4.69) is 0 Å². The summed E-state index contributed by atoms with van der Waals surface area (Å²) in [5.41, 5.74) is 0.109. The van der Waals surface area contributed by atoms with E-state index in [1.807, 2.05) is 45.9 Å². The Bertz CT molecular complexity index is 455. The zero-order valence-corrected chi connectivity index (χ0v) is 12.4. The van der Waals surface area contributed by atoms with E-state index in [0.29, 0.717) is 0 Å². The summed E-state index contributed by atoms with van der Waals surface area (Å²) in [6, 6.07) is 5.60. The van der Waals surface area contributed by atoms with Crippen LogP contribution in [0.4, 0.5) is 0 Å². The Morgan fingerprint density at radius 3 is 2.00 bits per heavy atom. The topological polar surface area (TPSA) is 36.9 Å². The predicted molar refractivity (Wildman–Crippen MR) is 75.3 cm³/mol. The molecule has 0 saturated carbocycles. The molecule has 0 N–H and O–H groups in total. The summed E-state index contributed by atoms with van der Waals surface area (Å²) in [7, 11) is 2.82. The molecular formula is C14H21BO4. The van der Waals surface area contributed by atoms with Crippen molar-refractivity contribution >= 4 is 12.6 Å². The third-order valence-corrected chi connectivity index (χ3v) is 3.94. The van der Waals surface area contributed by atoms with Gasteiger partial charge in [0.2, 0.25) is 0 Å². The summed E-state index contributed by atoms with van der Waals surface area (Å²) in [6.07, 6.45) is 0. The fourth-order valence-electron chi connectivity index (χ4n) is 1.99. The maximum Gasteiger partial charge on any atom is 0.498 e. The molecule has 1 heterocycles. The molecular weight excluding hydrogens is 243 g/mol. The first-order chi connectivity index (χ1) is 8.80. The molecule has 1 aliphatic rings. The lowest BCUT2D eigenvalue weighted by Crippen LogP contribution is -2.41. The van der Waals surface area contributed by atoms with Gasteiger partial charge >= 0.3 is 7.12 Å². The number of hydrogen-bond donors (Lipinski definition) is 0. The van der Waals surface area contributed by atoms with Gasteiger partial charge in [-0.3, -0.25) is 0 Å². The summed E-state index contributed by atoms with van der Waals surface area (Å²) >= 11 is 0. The van der Waals surface area contributed by atoms with Crippen LogP contribution in [0.3, 0.4) is 0 Å². The van der Waals surface area contributed by atoms with Crippen molar-refractivity contribution in [2.24, 2.45) is 0 Å². The van der Waals surface area contributed by atoms with E-state index >= 15 is 0 Å². The zero-order chi connectivity index (χ0) is 14.3. The van der Waals surface area contributed by atoms with Gasteiger partial charge in [-0.25, -0.2) is 0 Å². The van der Waals surface area contributed by atoms with E-state index in [0.717, 1.165) is 17.0 Å². The Balaban J connectivity index is 2.38. The van der Waals surface area contributed by atoms with Crippen molar-refractivity contribution in [3.8, 4) is 11.5 Å². The summed E-state index contributed by atoms with van der Waals surface area (Å²) in [5.74, 6) is 1.49. The Kier molecular flexibility index (Phi) is 3.54. The van der Waals surface area contributed by atoms with Gasteiger partial charge in [-0.1, -0.05) is 0 Å². The van der Waals surface area contributed by atoms with Gasteiger partial charge in [0.1, 0.15) is 11.5 Å². The van der Waals surface area contributed by atoms with Crippen LogP contribution in [0.15, 0.2) is 18.2 Å². The molecule has 1 saturated heterocycles. The lowest BCUT2D eigenvalue weighted by atomic mass is 9.78. The zero-order valence-electron chi connectivity index (χ0n) is 12.4. The molecule has 0 radical (unpaired) electrons. The van der Waals surface area contributed by atoms with E-state index in [-0.39, 0.29) is 11.2 Å². The van der Waals surface area contributed by atoms with Gasteiger partial charge in [0.05, 0.1) is 25.4 Å². The second-order valence-electron chi connectivity index (χ2n) is 5.70. The highest BCUT2D eigenvalue weighted by molar-refractivity contribution is 6.63. The molecule has 19 heavy (non-hydrogen) atoms. The van der Waals surface area contributed by atoms with Gasteiger partial charge in [0, 0.05) is 5.46 Å². The van der Waals surface area contributed by atoms with Crippen molar-refractivity contribution in [1.82, 2.24) is 0 Å². The summed E-state index contributed by atoms with van der Waals surface area (Å²) in [6.45, 7) is 8.11. The van der Waals surface area contributed by atoms with E-state index in [1.54, 1.807) is 14.2 Å². The molecule has 0 aromatic heterocycles. The van der Waals surface area contributed by atoms with Gasteiger partial charge in [-0.15, -0.1) is 0 Å². The molecule has 104 valence electrons. The molecule has 1 aliphatic heterocycles. The summed E-state index contributed by atoms with van der Waals surface area (Å²) in [4.78, 5) is 0. The van der Waals surface area contributed by atoms with Crippen LogP contribution >= 0.6 is 0 Å². The second kappa shape index (κ2) is 4.73. The molecule has 4 nitrogen and oxygen atoms in total. The minimum absolute atomic E-state index is 0.369. The fourth-order valence-corrected chi connectivity index (χ4v) is 1.99. The molecule has 0 aliphatic carbocycles. The third-order valence-electron chi connectivity index (χ3n) is 3.94. The smallest absolute Gasteiger partial charge is 0.497 e. The molecule has 0 atom stereocenters. The molecule has 0 bridgehead atoms. The first kappa shape index (κ1) is 14.2. The van der Waals surface area contributed by atoms with Crippen LogP contribution in [0, 0.1) is 0 Å². The Morgan fingerprint density at radius 1 is 0.947 bits per heavy atom. The van der Waals surface area contributed by atoms with Gasteiger partial charge in [0.15, 0.2) is 0 Å². The van der Waals surface area contributed by atoms with Crippen molar-refractivity contribution in [2.45, 2.75) is 38.9 Å². The number of hydrogen-bond acceptors (Lipinski definition) is 4. The average Bonchev–Trinajstić information content (AvgIpc) is 2.57. The minimum atomic E-state index is -0.449. The molecule has 5 heteroatoms. The van der Waals surface area contributed by atoms with Crippen molar-refractivity contribution in [3.63, 3.8) is 0 Å². The van der Waals surface area contributed by atoms with Gasteiger partial charge in [-0.05, 0) is 45.9 Å². The number of rotatable bonds is 3. The molecule has 2 rings (SSSR count). The van der Waals surface area contributed by atoms with E-state index in [1.165, 1.54) is 0 Å². The number of ether oxygens (including phenoxy) is 2. The lowest BCUT2D eigenvalue weighted by Gasteiger charge is -2.32. The van der Waals surface area contributed by atoms with Crippen molar-refractivity contribution < 1.29 is 18.8 Å². The highest BCUT2D eigenvalue weighted by Gasteiger charge is 2.52. The molecule has 1 aromatic carbocycles. The van der Waals surface area contributed by atoms with Crippen molar-refractivity contribution in [3.05, 3.63) is 18.2 Å². The van der Waals surface area contributed by atoms with Crippen molar-refractivity contribution in [1.29, 1.82) is 0 Å². The molecule has 1 fully saturated rings. The maximum atomic E-state index is 6.03. The Hall–Kier alpha value is -1.20. The molecule has 0 unspecified atom stereocenters. The maximum absolute atomic E-state index is 6.03. The highest BCUT2D eigenvalue weighted by Crippen LogP contribution is 2.37. The van der Waals surface area contributed by atoms with Crippen LogP contribution in [0.1, 0.15) is 27.7 Å². The Labute approximate surface area is 115 Å². The van der Waals surface area contributed by atoms with Crippen LogP contribution in [-0.2, 0) is 9.31 Å². The lowest BCUT2D eigenvalue weighted by molar-refractivity contribution is 0.00578. The minimum Gasteiger partial charge on any atom is -0.497 e. The molecule has 0 amide bonds. The average molecular weight is 264 g/mol. The predicted octanol–water partition coefficient (Wildman–Crippen LogP) is 2.00. The van der Waals surface area contributed by atoms with E-state index in [9.17, 15) is 0 Å². The molecule has 1 aromatic rings. The first-order valence-electron chi connectivity index (χ1n) is 6.38. The molecule has 0 spiro atoms. The number of methoxy groups -OCH3 is 2. The van der Waals surface area contributed by atoms with Crippen LogP contribution in [-0.4, -0.2) is 32.5 Å². The summed E-state index contributed by atoms with van der Waals surface area (Å²) in [5, 5.41) is 0. The third kappa shape index (κ3) is 2.45. The number of benzene rings is 1. The van der Waals surface area contributed by atoms with Gasteiger partial charge in [-0.2, -0.15) is 0 Å². The van der Waals surface area contributed by atoms with E-state index < -0.39 is 7.12 Å².